The Labute approximate surface area is 120 Å². The van der Waals surface area contributed by atoms with E-state index in [1.165, 1.54) is 24.3 Å². The van der Waals surface area contributed by atoms with Gasteiger partial charge >= 0.3 is 6.18 Å². The Hall–Kier alpha value is -1.92. The Morgan fingerprint density at radius 2 is 1.81 bits per heavy atom. The first-order valence-electron chi connectivity index (χ1n) is 6.41. The quantitative estimate of drug-likeness (QED) is 0.930. The molecule has 1 aliphatic rings. The molecule has 1 N–H and O–H groups in total. The Morgan fingerprint density at radius 1 is 1.24 bits per heavy atom. The molecule has 1 aliphatic heterocycles. The molecule has 1 atom stereocenters. The fourth-order valence-corrected chi connectivity index (χ4v) is 1.98. The van der Waals surface area contributed by atoms with Crippen molar-refractivity contribution in [2.75, 3.05) is 13.2 Å². The zero-order chi connectivity index (χ0) is 15.7. The van der Waals surface area contributed by atoms with Gasteiger partial charge in [0.25, 0.3) is 5.91 Å². The second-order valence-corrected chi connectivity index (χ2v) is 5.58. The molecule has 1 aromatic carbocycles. The van der Waals surface area contributed by atoms with E-state index < -0.39 is 18.9 Å². The van der Waals surface area contributed by atoms with Crippen LogP contribution in [0.2, 0.25) is 0 Å². The average Bonchev–Trinajstić information content (AvgIpc) is 2.64. The van der Waals surface area contributed by atoms with Gasteiger partial charge in [-0.05, 0) is 24.3 Å². The topological polar surface area (TPSA) is 47.6 Å². The maximum absolute atomic E-state index is 12.0. The number of halogens is 3. The van der Waals surface area contributed by atoms with Crippen molar-refractivity contribution in [3.05, 3.63) is 24.3 Å². The summed E-state index contributed by atoms with van der Waals surface area (Å²) in [6, 6.07) is 5.71. The van der Waals surface area contributed by atoms with Gasteiger partial charge in [0.2, 0.25) is 0 Å². The molecule has 1 amide bonds. The van der Waals surface area contributed by atoms with E-state index in [0.717, 1.165) is 0 Å². The molecular formula is C14H16F3NO3. The molecule has 1 aromatic rings. The highest BCUT2D eigenvalue weighted by Crippen LogP contribution is 2.30. The van der Waals surface area contributed by atoms with Crippen LogP contribution in [-0.2, 0) is 4.79 Å². The summed E-state index contributed by atoms with van der Waals surface area (Å²) >= 11 is 0. The third kappa shape index (κ3) is 4.03. The van der Waals surface area contributed by atoms with Crippen molar-refractivity contribution in [2.24, 2.45) is 5.41 Å². The second-order valence-electron chi connectivity index (χ2n) is 5.58. The van der Waals surface area contributed by atoms with E-state index in [2.05, 4.69) is 10.1 Å². The molecule has 0 spiro atoms. The summed E-state index contributed by atoms with van der Waals surface area (Å²) in [5.74, 6) is 0.302. The Morgan fingerprint density at radius 3 is 2.29 bits per heavy atom. The number of alkyl halides is 3. The minimum Gasteiger partial charge on any atom is -0.484 e. The monoisotopic (exact) mass is 303 g/mol. The van der Waals surface area contributed by atoms with E-state index in [-0.39, 0.29) is 17.1 Å². The van der Waals surface area contributed by atoms with Crippen LogP contribution in [0.5, 0.6) is 11.5 Å². The van der Waals surface area contributed by atoms with Crippen molar-refractivity contribution in [3.63, 3.8) is 0 Å². The molecule has 0 aromatic heterocycles. The van der Waals surface area contributed by atoms with Gasteiger partial charge in [-0.3, -0.25) is 4.79 Å². The van der Waals surface area contributed by atoms with Gasteiger partial charge in [-0.15, -0.1) is 0 Å². The molecule has 1 saturated heterocycles. The van der Waals surface area contributed by atoms with Crippen molar-refractivity contribution >= 4 is 5.91 Å². The van der Waals surface area contributed by atoms with Crippen LogP contribution in [0.4, 0.5) is 13.2 Å². The Balaban J connectivity index is 1.98. The first kappa shape index (κ1) is 15.5. The van der Waals surface area contributed by atoms with Crippen LogP contribution in [0.15, 0.2) is 24.3 Å². The van der Waals surface area contributed by atoms with Gasteiger partial charge in [0.05, 0.1) is 0 Å². The van der Waals surface area contributed by atoms with Crippen LogP contribution < -0.4 is 14.8 Å². The lowest BCUT2D eigenvalue weighted by molar-refractivity contribution is -0.153. The minimum absolute atomic E-state index is 0.0924. The number of hydrogen-bond donors (Lipinski definition) is 1. The molecular weight excluding hydrogens is 287 g/mol. The van der Waals surface area contributed by atoms with E-state index in [4.69, 9.17) is 4.74 Å². The summed E-state index contributed by atoms with van der Waals surface area (Å²) in [6.45, 7) is 2.97. The highest BCUT2D eigenvalue weighted by molar-refractivity contribution is 5.84. The summed E-state index contributed by atoms with van der Waals surface area (Å²) in [4.78, 5) is 11.7. The fraction of sp³-hybridized carbons (Fsp3) is 0.500. The number of carbonyl (C=O) groups excluding carboxylic acids is 1. The maximum Gasteiger partial charge on any atom is 0.422 e. The second kappa shape index (κ2) is 5.46. The van der Waals surface area contributed by atoms with Gasteiger partial charge in [-0.25, -0.2) is 0 Å². The molecule has 1 fully saturated rings. The van der Waals surface area contributed by atoms with Crippen LogP contribution in [-0.4, -0.2) is 31.3 Å². The van der Waals surface area contributed by atoms with Gasteiger partial charge in [-0.1, -0.05) is 13.8 Å². The third-order valence-corrected chi connectivity index (χ3v) is 3.15. The smallest absolute Gasteiger partial charge is 0.422 e. The Bertz CT molecular complexity index is 511. The van der Waals surface area contributed by atoms with Crippen molar-refractivity contribution in [2.45, 2.75) is 26.1 Å². The number of nitrogens with one attached hydrogen (secondary N) is 1. The van der Waals surface area contributed by atoms with Crippen LogP contribution in [0, 0.1) is 5.41 Å². The lowest BCUT2D eigenvalue weighted by Gasteiger charge is -2.24. The summed E-state index contributed by atoms with van der Waals surface area (Å²) in [5, 5.41) is 2.71. The van der Waals surface area contributed by atoms with Gasteiger partial charge in [0, 0.05) is 12.0 Å². The number of carbonyl (C=O) groups is 1. The average molecular weight is 303 g/mol. The van der Waals surface area contributed by atoms with E-state index >= 15 is 0 Å². The molecule has 1 unspecified atom stereocenters. The lowest BCUT2D eigenvalue weighted by atomic mass is 9.89. The number of hydrogen-bond acceptors (Lipinski definition) is 3. The lowest BCUT2D eigenvalue weighted by Crippen LogP contribution is -2.36. The largest absolute Gasteiger partial charge is 0.484 e. The molecule has 0 saturated carbocycles. The van der Waals surface area contributed by atoms with E-state index in [0.29, 0.717) is 12.3 Å². The summed E-state index contributed by atoms with van der Waals surface area (Å²) in [7, 11) is 0. The number of benzene rings is 1. The van der Waals surface area contributed by atoms with E-state index in [1.807, 2.05) is 13.8 Å². The summed E-state index contributed by atoms with van der Waals surface area (Å²) in [5.41, 5.74) is -0.345. The number of amides is 1. The van der Waals surface area contributed by atoms with Gasteiger partial charge < -0.3 is 14.8 Å². The fourth-order valence-electron chi connectivity index (χ4n) is 1.98. The van der Waals surface area contributed by atoms with Crippen molar-refractivity contribution < 1.29 is 27.4 Å². The minimum atomic E-state index is -4.37. The van der Waals surface area contributed by atoms with E-state index in [9.17, 15) is 18.0 Å². The van der Waals surface area contributed by atoms with Crippen molar-refractivity contribution in [3.8, 4) is 11.5 Å². The summed E-state index contributed by atoms with van der Waals surface area (Å²) in [6.07, 6.45) is -5.00. The summed E-state index contributed by atoms with van der Waals surface area (Å²) < 4.78 is 46.3. The molecule has 21 heavy (non-hydrogen) atoms. The first-order chi connectivity index (χ1) is 9.67. The van der Waals surface area contributed by atoms with Crippen molar-refractivity contribution in [1.82, 2.24) is 5.32 Å². The molecule has 0 bridgehead atoms. The molecule has 1 heterocycles. The van der Waals surface area contributed by atoms with Gasteiger partial charge in [0.15, 0.2) is 12.7 Å². The molecule has 0 radical (unpaired) electrons. The van der Waals surface area contributed by atoms with Crippen LogP contribution in [0.1, 0.15) is 13.8 Å². The zero-order valence-corrected chi connectivity index (χ0v) is 11.7. The molecule has 116 valence electrons. The van der Waals surface area contributed by atoms with Crippen LogP contribution in [0.25, 0.3) is 0 Å². The first-order valence-corrected chi connectivity index (χ1v) is 6.41. The Kier molecular flexibility index (Phi) is 4.02. The van der Waals surface area contributed by atoms with Crippen LogP contribution >= 0.6 is 0 Å². The SMILES string of the molecule is CC1(C)CNC(=O)C1Oc1ccc(OCC(F)(F)F)cc1. The molecule has 4 nitrogen and oxygen atoms in total. The molecule has 7 heteroatoms. The van der Waals surface area contributed by atoms with Crippen LogP contribution in [0.3, 0.4) is 0 Å². The highest BCUT2D eigenvalue weighted by atomic mass is 19.4. The standard InChI is InChI=1S/C14H16F3NO3/c1-13(2)7-18-12(19)11(13)21-10-5-3-9(4-6-10)20-8-14(15,16)17/h3-6,11H,7-8H2,1-2H3,(H,18,19). The molecule has 2 rings (SSSR count). The van der Waals surface area contributed by atoms with Gasteiger partial charge in [0.1, 0.15) is 11.5 Å². The highest BCUT2D eigenvalue weighted by Gasteiger charge is 2.43. The predicted octanol–water partition coefficient (Wildman–Crippen LogP) is 2.53. The number of ether oxygens (including phenoxy) is 2. The normalized spacial score (nSPS) is 21.0. The third-order valence-electron chi connectivity index (χ3n) is 3.15. The number of rotatable bonds is 4. The predicted molar refractivity (Wildman–Crippen MR) is 69.2 cm³/mol. The molecule has 0 aliphatic carbocycles. The zero-order valence-electron chi connectivity index (χ0n) is 11.7. The maximum atomic E-state index is 12.0. The van der Waals surface area contributed by atoms with Crippen molar-refractivity contribution in [1.29, 1.82) is 0 Å². The van der Waals surface area contributed by atoms with E-state index in [1.54, 1.807) is 0 Å². The van der Waals surface area contributed by atoms with Gasteiger partial charge in [-0.2, -0.15) is 13.2 Å².